The van der Waals surface area contributed by atoms with E-state index in [0.717, 1.165) is 6.42 Å². The number of alkyl carbamates (subject to hydrolysis) is 1. The molecule has 0 fully saturated rings. The Bertz CT molecular complexity index is 1240. The van der Waals surface area contributed by atoms with Gasteiger partial charge in [-0.2, -0.15) is 0 Å². The lowest BCUT2D eigenvalue weighted by atomic mass is 9.96. The molecule has 3 unspecified atom stereocenters. The van der Waals surface area contributed by atoms with Crippen LogP contribution in [0.25, 0.3) is 0 Å². The summed E-state index contributed by atoms with van der Waals surface area (Å²) >= 11 is 0. The number of hydrogen-bond donors (Lipinski definition) is 4. The van der Waals surface area contributed by atoms with Crippen LogP contribution in [0.2, 0.25) is 0 Å². The van der Waals surface area contributed by atoms with Crippen molar-refractivity contribution in [1.29, 1.82) is 0 Å². The van der Waals surface area contributed by atoms with Gasteiger partial charge in [-0.25, -0.2) is 4.79 Å². The van der Waals surface area contributed by atoms with Crippen molar-refractivity contribution < 1.29 is 33.8 Å². The first-order chi connectivity index (χ1) is 20.1. The van der Waals surface area contributed by atoms with Gasteiger partial charge in [0.1, 0.15) is 29.2 Å². The van der Waals surface area contributed by atoms with Crippen molar-refractivity contribution in [3.63, 3.8) is 0 Å². The van der Waals surface area contributed by atoms with Gasteiger partial charge in [0.05, 0.1) is 7.11 Å². The molecule has 2 aromatic rings. The lowest BCUT2D eigenvalue weighted by Crippen LogP contribution is -2.55. The highest BCUT2D eigenvalue weighted by molar-refractivity contribution is 5.99. The molecule has 0 aliphatic carbocycles. The number of methoxy groups -OCH3 is 1. The van der Waals surface area contributed by atoms with E-state index in [2.05, 4.69) is 24.5 Å². The van der Waals surface area contributed by atoms with Gasteiger partial charge in [0, 0.05) is 18.2 Å². The number of phenolic OH excluding ortho intramolecular Hbond substituents is 1. The largest absolute Gasteiger partial charge is 0.508 e. The molecule has 4 amide bonds. The summed E-state index contributed by atoms with van der Waals surface area (Å²) in [5.74, 6) is -0.943. The second-order valence-corrected chi connectivity index (χ2v) is 12.0. The maximum Gasteiger partial charge on any atom is 0.408 e. The number of rotatable bonds is 14. The Labute approximate surface area is 254 Å². The number of nitrogens with two attached hydrogens (primary N) is 1. The highest BCUT2D eigenvalue weighted by Gasteiger charge is 2.39. The molecule has 0 spiro atoms. The number of anilines is 1. The van der Waals surface area contributed by atoms with Crippen LogP contribution in [0.4, 0.5) is 10.5 Å². The summed E-state index contributed by atoms with van der Waals surface area (Å²) < 4.78 is 10.6. The van der Waals surface area contributed by atoms with Gasteiger partial charge in [-0.05, 0) is 94.8 Å². The van der Waals surface area contributed by atoms with Crippen LogP contribution in [0, 0.1) is 5.92 Å². The molecule has 2 rings (SSSR count). The molecule has 0 bridgehead atoms. The predicted octanol–water partition coefficient (Wildman–Crippen LogP) is 4.89. The van der Waals surface area contributed by atoms with Crippen LogP contribution in [-0.2, 0) is 19.1 Å². The van der Waals surface area contributed by atoms with E-state index in [-0.39, 0.29) is 18.6 Å². The number of nitrogens with zero attached hydrogens (tertiary/aromatic N) is 1. The monoisotopic (exact) mass is 598 g/mol. The molecule has 0 aliphatic heterocycles. The van der Waals surface area contributed by atoms with Crippen molar-refractivity contribution in [2.75, 3.05) is 12.4 Å². The number of primary amides is 1. The molecule has 0 aromatic heterocycles. The highest BCUT2D eigenvalue weighted by Crippen LogP contribution is 2.31. The van der Waals surface area contributed by atoms with Crippen LogP contribution >= 0.6 is 0 Å². The molecule has 0 radical (unpaired) electrons. The number of carbonyl (C=O) groups is 4. The van der Waals surface area contributed by atoms with Gasteiger partial charge >= 0.3 is 6.09 Å². The van der Waals surface area contributed by atoms with Gasteiger partial charge < -0.3 is 35.8 Å². The Morgan fingerprint density at radius 3 is 2.16 bits per heavy atom. The summed E-state index contributed by atoms with van der Waals surface area (Å²) in [4.78, 5) is 54.4. The molecule has 0 saturated carbocycles. The van der Waals surface area contributed by atoms with Gasteiger partial charge in [0.15, 0.2) is 0 Å². The molecule has 0 aliphatic rings. The van der Waals surface area contributed by atoms with Crippen molar-refractivity contribution in [1.82, 2.24) is 10.2 Å². The number of nitrogens with one attached hydrogen (secondary N) is 2. The summed E-state index contributed by atoms with van der Waals surface area (Å²) in [6.07, 6.45) is 0.164. The van der Waals surface area contributed by atoms with Crippen LogP contribution < -0.4 is 21.1 Å². The molecule has 5 N–H and O–H groups in total. The molecular weight excluding hydrogens is 552 g/mol. The zero-order valence-electron chi connectivity index (χ0n) is 26.2. The van der Waals surface area contributed by atoms with E-state index in [1.165, 1.54) is 24.1 Å². The van der Waals surface area contributed by atoms with Crippen LogP contribution in [0.1, 0.15) is 78.8 Å². The zero-order chi connectivity index (χ0) is 32.3. The molecule has 236 valence electrons. The Hall–Kier alpha value is -4.28. The number of hydrogen-bond acceptors (Lipinski definition) is 7. The minimum atomic E-state index is -1.22. The summed E-state index contributed by atoms with van der Waals surface area (Å²) in [7, 11) is 1.54. The predicted molar refractivity (Wildman–Crippen MR) is 164 cm³/mol. The average Bonchev–Trinajstić information content (AvgIpc) is 2.91. The summed E-state index contributed by atoms with van der Waals surface area (Å²) in [6.45, 7) is 11.0. The summed E-state index contributed by atoms with van der Waals surface area (Å²) in [6, 6.07) is 9.93. The fourth-order valence-electron chi connectivity index (χ4n) is 4.50. The third-order valence-electron chi connectivity index (χ3n) is 6.63. The van der Waals surface area contributed by atoms with E-state index in [1.54, 1.807) is 57.2 Å². The number of amides is 4. The fraction of sp³-hybridized carbons (Fsp3) is 0.500. The minimum Gasteiger partial charge on any atom is -0.508 e. The molecular formula is C32H46N4O7. The maximum atomic E-state index is 14.4. The first-order valence-corrected chi connectivity index (χ1v) is 14.4. The van der Waals surface area contributed by atoms with Crippen molar-refractivity contribution in [2.24, 2.45) is 11.7 Å². The molecule has 0 saturated heterocycles. The first kappa shape index (κ1) is 34.9. The SMILES string of the molecule is COc1ccc(NC(=O)C(c2cccc(O)c2)N(C(=O)C(CCC(N)=O)NC(=O)OC(C)(C)C)C(C)CCC(C)C)cc1. The fourth-order valence-corrected chi connectivity index (χ4v) is 4.50. The van der Waals surface area contributed by atoms with E-state index in [9.17, 15) is 24.3 Å². The second-order valence-electron chi connectivity index (χ2n) is 12.0. The standard InChI is InChI=1S/C32H46N4O7/c1-20(2)11-12-21(3)36(30(40)26(17-18-27(33)38)35-31(41)43-32(4,5)6)28(22-9-8-10-24(37)19-22)29(39)34-23-13-15-25(42-7)16-14-23/h8-10,13-16,19-21,26,28,37H,11-12,17-18H2,1-7H3,(H2,33,38)(H,34,39)(H,35,41). The van der Waals surface area contributed by atoms with E-state index >= 15 is 0 Å². The Balaban J connectivity index is 2.62. The van der Waals surface area contributed by atoms with E-state index in [0.29, 0.717) is 29.3 Å². The highest BCUT2D eigenvalue weighted by atomic mass is 16.6. The third kappa shape index (κ3) is 11.5. The number of ether oxygens (including phenoxy) is 2. The average molecular weight is 599 g/mol. The van der Waals surface area contributed by atoms with Crippen LogP contribution in [0.5, 0.6) is 11.5 Å². The molecule has 11 heteroatoms. The smallest absolute Gasteiger partial charge is 0.408 e. The Morgan fingerprint density at radius 1 is 0.977 bits per heavy atom. The van der Waals surface area contributed by atoms with E-state index < -0.39 is 47.5 Å². The summed E-state index contributed by atoms with van der Waals surface area (Å²) in [5, 5.41) is 15.8. The van der Waals surface area contributed by atoms with Gasteiger partial charge in [0.25, 0.3) is 5.91 Å². The van der Waals surface area contributed by atoms with Crippen molar-refractivity contribution in [2.45, 2.75) is 91.0 Å². The van der Waals surface area contributed by atoms with Crippen LogP contribution in [0.3, 0.4) is 0 Å². The maximum absolute atomic E-state index is 14.4. The van der Waals surface area contributed by atoms with Gasteiger partial charge in [-0.15, -0.1) is 0 Å². The van der Waals surface area contributed by atoms with Crippen molar-refractivity contribution in [3.05, 3.63) is 54.1 Å². The molecule has 11 nitrogen and oxygen atoms in total. The van der Waals surface area contributed by atoms with Crippen molar-refractivity contribution >= 4 is 29.5 Å². The lowest BCUT2D eigenvalue weighted by Gasteiger charge is -2.39. The quantitative estimate of drug-likeness (QED) is 0.241. The molecule has 43 heavy (non-hydrogen) atoms. The Kier molecular flexibility index (Phi) is 12.8. The van der Waals surface area contributed by atoms with Gasteiger partial charge in [0.2, 0.25) is 11.8 Å². The number of carbonyl (C=O) groups excluding carboxylic acids is 4. The number of phenols is 1. The van der Waals surface area contributed by atoms with E-state index in [1.807, 2.05) is 6.92 Å². The topological polar surface area (TPSA) is 160 Å². The molecule has 0 heterocycles. The third-order valence-corrected chi connectivity index (χ3v) is 6.63. The second kappa shape index (κ2) is 15.8. The lowest BCUT2D eigenvalue weighted by molar-refractivity contribution is -0.143. The summed E-state index contributed by atoms with van der Waals surface area (Å²) in [5.41, 5.74) is 5.40. The molecule has 3 atom stereocenters. The van der Waals surface area contributed by atoms with E-state index in [4.69, 9.17) is 15.2 Å². The number of aromatic hydroxyl groups is 1. The normalized spacial score (nSPS) is 13.4. The number of benzene rings is 2. The van der Waals surface area contributed by atoms with Gasteiger partial charge in [-0.1, -0.05) is 26.0 Å². The minimum absolute atomic E-state index is 0.0841. The molecule has 2 aromatic carbocycles. The Morgan fingerprint density at radius 2 is 1.63 bits per heavy atom. The van der Waals surface area contributed by atoms with Crippen LogP contribution in [-0.4, -0.2) is 58.6 Å². The van der Waals surface area contributed by atoms with Crippen LogP contribution in [0.15, 0.2) is 48.5 Å². The zero-order valence-corrected chi connectivity index (χ0v) is 26.2. The van der Waals surface area contributed by atoms with Gasteiger partial charge in [-0.3, -0.25) is 14.4 Å². The van der Waals surface area contributed by atoms with Crippen molar-refractivity contribution in [3.8, 4) is 11.5 Å². The first-order valence-electron chi connectivity index (χ1n) is 14.4.